The van der Waals surface area contributed by atoms with Crippen LogP contribution < -0.4 is 10.6 Å². The number of rotatable bonds is 4. The molecular formula is C16H26FN3. The number of nitrogens with two attached hydrogens (primary N) is 1. The number of anilines is 1. The zero-order valence-electron chi connectivity index (χ0n) is 12.8. The fraction of sp³-hybridized carbons (Fsp3) is 0.625. The molecule has 2 unspecified atom stereocenters. The smallest absolute Gasteiger partial charge is 0.146 e. The van der Waals surface area contributed by atoms with Crippen molar-refractivity contribution in [3.05, 3.63) is 29.6 Å². The van der Waals surface area contributed by atoms with Crippen molar-refractivity contribution in [2.45, 2.75) is 39.3 Å². The minimum absolute atomic E-state index is 0.145. The van der Waals surface area contributed by atoms with Gasteiger partial charge in [0.25, 0.3) is 0 Å². The molecular weight excluding hydrogens is 253 g/mol. The SMILES string of the molecule is CCC(C)N1CCN(c2c(F)cccc2C(C)N)CC1. The quantitative estimate of drug-likeness (QED) is 0.920. The molecule has 1 saturated heterocycles. The number of para-hydroxylation sites is 1. The van der Waals surface area contributed by atoms with Gasteiger partial charge in [0.05, 0.1) is 5.69 Å². The summed E-state index contributed by atoms with van der Waals surface area (Å²) in [6.07, 6.45) is 1.16. The molecule has 1 aromatic carbocycles. The number of hydrogen-bond acceptors (Lipinski definition) is 3. The molecule has 1 aromatic rings. The third-order valence-corrected chi connectivity index (χ3v) is 4.35. The van der Waals surface area contributed by atoms with E-state index in [4.69, 9.17) is 5.73 Å². The second-order valence-electron chi connectivity index (χ2n) is 5.75. The first-order chi connectivity index (χ1) is 9.54. The second kappa shape index (κ2) is 6.55. The fourth-order valence-corrected chi connectivity index (χ4v) is 2.88. The minimum Gasteiger partial charge on any atom is -0.366 e. The van der Waals surface area contributed by atoms with Gasteiger partial charge in [-0.3, -0.25) is 4.90 Å². The Balaban J connectivity index is 2.15. The van der Waals surface area contributed by atoms with E-state index in [1.54, 1.807) is 6.07 Å². The highest BCUT2D eigenvalue weighted by atomic mass is 19.1. The standard InChI is InChI=1S/C16H26FN3/c1-4-12(2)19-8-10-20(11-9-19)16-14(13(3)18)6-5-7-15(16)17/h5-7,12-13H,4,8-11,18H2,1-3H3. The van der Waals surface area contributed by atoms with E-state index in [2.05, 4.69) is 23.6 Å². The molecule has 2 N–H and O–H groups in total. The number of halogens is 1. The fourth-order valence-electron chi connectivity index (χ4n) is 2.88. The van der Waals surface area contributed by atoms with Crippen molar-refractivity contribution in [2.75, 3.05) is 31.1 Å². The third-order valence-electron chi connectivity index (χ3n) is 4.35. The lowest BCUT2D eigenvalue weighted by Crippen LogP contribution is -2.50. The van der Waals surface area contributed by atoms with Gasteiger partial charge in [-0.25, -0.2) is 4.39 Å². The van der Waals surface area contributed by atoms with Gasteiger partial charge in [0.1, 0.15) is 5.82 Å². The first-order valence-corrected chi connectivity index (χ1v) is 7.57. The van der Waals surface area contributed by atoms with E-state index in [9.17, 15) is 4.39 Å². The van der Waals surface area contributed by atoms with E-state index in [-0.39, 0.29) is 11.9 Å². The zero-order chi connectivity index (χ0) is 14.7. The normalized spacial score (nSPS) is 19.9. The Bertz CT molecular complexity index is 439. The van der Waals surface area contributed by atoms with Gasteiger partial charge in [-0.1, -0.05) is 19.1 Å². The Labute approximate surface area is 121 Å². The van der Waals surface area contributed by atoms with Crippen LogP contribution in [0.4, 0.5) is 10.1 Å². The zero-order valence-corrected chi connectivity index (χ0v) is 12.8. The molecule has 3 nitrogen and oxygen atoms in total. The van der Waals surface area contributed by atoms with E-state index < -0.39 is 0 Å². The largest absolute Gasteiger partial charge is 0.366 e. The number of hydrogen-bond donors (Lipinski definition) is 1. The predicted molar refractivity (Wildman–Crippen MR) is 82.5 cm³/mol. The summed E-state index contributed by atoms with van der Waals surface area (Å²) in [7, 11) is 0. The molecule has 20 heavy (non-hydrogen) atoms. The van der Waals surface area contributed by atoms with Crippen LogP contribution in [0.5, 0.6) is 0 Å². The van der Waals surface area contributed by atoms with Gasteiger partial charge in [0.2, 0.25) is 0 Å². The summed E-state index contributed by atoms with van der Waals surface area (Å²) in [5.41, 5.74) is 7.59. The molecule has 2 rings (SSSR count). The molecule has 1 heterocycles. The summed E-state index contributed by atoms with van der Waals surface area (Å²) in [5, 5.41) is 0. The summed E-state index contributed by atoms with van der Waals surface area (Å²) in [6.45, 7) is 10.1. The Morgan fingerprint density at radius 2 is 1.85 bits per heavy atom. The van der Waals surface area contributed by atoms with Gasteiger partial charge in [0, 0.05) is 38.3 Å². The van der Waals surface area contributed by atoms with Crippen LogP contribution in [0.3, 0.4) is 0 Å². The molecule has 0 saturated carbocycles. The summed E-state index contributed by atoms with van der Waals surface area (Å²) < 4.78 is 14.2. The molecule has 0 bridgehead atoms. The Morgan fingerprint density at radius 3 is 2.40 bits per heavy atom. The average molecular weight is 279 g/mol. The van der Waals surface area contributed by atoms with Gasteiger partial charge in [-0.05, 0) is 31.9 Å². The first kappa shape index (κ1) is 15.3. The molecule has 2 atom stereocenters. The lowest BCUT2D eigenvalue weighted by atomic mass is 10.0. The van der Waals surface area contributed by atoms with Crippen LogP contribution in [0.25, 0.3) is 0 Å². The molecule has 0 aromatic heterocycles. The molecule has 1 fully saturated rings. The van der Waals surface area contributed by atoms with E-state index in [1.807, 2.05) is 13.0 Å². The monoisotopic (exact) mass is 279 g/mol. The number of piperazine rings is 1. The van der Waals surface area contributed by atoms with Crippen molar-refractivity contribution >= 4 is 5.69 Å². The van der Waals surface area contributed by atoms with Crippen LogP contribution in [-0.2, 0) is 0 Å². The molecule has 1 aliphatic heterocycles. The highest BCUT2D eigenvalue weighted by Gasteiger charge is 2.24. The van der Waals surface area contributed by atoms with Gasteiger partial charge < -0.3 is 10.6 Å². The maximum atomic E-state index is 14.2. The molecule has 112 valence electrons. The lowest BCUT2D eigenvalue weighted by Gasteiger charge is -2.40. The third kappa shape index (κ3) is 3.13. The van der Waals surface area contributed by atoms with Crippen molar-refractivity contribution < 1.29 is 4.39 Å². The Hall–Kier alpha value is -1.13. The van der Waals surface area contributed by atoms with Crippen LogP contribution in [0.1, 0.15) is 38.8 Å². The van der Waals surface area contributed by atoms with Crippen LogP contribution >= 0.6 is 0 Å². The van der Waals surface area contributed by atoms with Crippen molar-refractivity contribution in [3.63, 3.8) is 0 Å². The highest BCUT2D eigenvalue weighted by Crippen LogP contribution is 2.29. The van der Waals surface area contributed by atoms with E-state index in [1.165, 1.54) is 6.07 Å². The Morgan fingerprint density at radius 1 is 1.20 bits per heavy atom. The highest BCUT2D eigenvalue weighted by molar-refractivity contribution is 5.56. The van der Waals surface area contributed by atoms with Crippen molar-refractivity contribution in [1.82, 2.24) is 4.90 Å². The van der Waals surface area contributed by atoms with Gasteiger partial charge in [-0.15, -0.1) is 0 Å². The molecule has 1 aliphatic rings. The lowest BCUT2D eigenvalue weighted by molar-refractivity contribution is 0.192. The van der Waals surface area contributed by atoms with Crippen molar-refractivity contribution in [1.29, 1.82) is 0 Å². The summed E-state index contributed by atoms with van der Waals surface area (Å²) in [6, 6.07) is 5.67. The van der Waals surface area contributed by atoms with Crippen molar-refractivity contribution in [2.24, 2.45) is 5.73 Å². The van der Waals surface area contributed by atoms with E-state index >= 15 is 0 Å². The maximum absolute atomic E-state index is 14.2. The van der Waals surface area contributed by atoms with E-state index in [0.29, 0.717) is 11.7 Å². The first-order valence-electron chi connectivity index (χ1n) is 7.57. The van der Waals surface area contributed by atoms with Crippen molar-refractivity contribution in [3.8, 4) is 0 Å². The molecule has 0 amide bonds. The van der Waals surface area contributed by atoms with Gasteiger partial charge in [0.15, 0.2) is 0 Å². The van der Waals surface area contributed by atoms with Gasteiger partial charge in [-0.2, -0.15) is 0 Å². The number of benzene rings is 1. The maximum Gasteiger partial charge on any atom is 0.146 e. The van der Waals surface area contributed by atoms with Crippen LogP contribution in [0, 0.1) is 5.82 Å². The molecule has 0 aliphatic carbocycles. The average Bonchev–Trinajstić information content (AvgIpc) is 2.46. The molecule has 0 spiro atoms. The summed E-state index contributed by atoms with van der Waals surface area (Å²) in [4.78, 5) is 4.62. The molecule has 0 radical (unpaired) electrons. The summed E-state index contributed by atoms with van der Waals surface area (Å²) >= 11 is 0. The topological polar surface area (TPSA) is 32.5 Å². The summed E-state index contributed by atoms with van der Waals surface area (Å²) in [5.74, 6) is -0.156. The second-order valence-corrected chi connectivity index (χ2v) is 5.75. The van der Waals surface area contributed by atoms with Crippen LogP contribution in [0.2, 0.25) is 0 Å². The Kier molecular flexibility index (Phi) is 5.00. The molecule has 4 heteroatoms. The van der Waals surface area contributed by atoms with Crippen LogP contribution in [0.15, 0.2) is 18.2 Å². The minimum atomic E-state index is -0.156. The van der Waals surface area contributed by atoms with Crippen LogP contribution in [-0.4, -0.2) is 37.1 Å². The number of nitrogens with zero attached hydrogens (tertiary/aromatic N) is 2. The van der Waals surface area contributed by atoms with Gasteiger partial charge >= 0.3 is 0 Å². The van der Waals surface area contributed by atoms with E-state index in [0.717, 1.165) is 38.2 Å². The predicted octanol–water partition coefficient (Wildman–Crippen LogP) is 2.77.